The molecule has 0 rings (SSSR count). The first-order valence-electron chi connectivity index (χ1n) is 30.2. The minimum absolute atomic E-state index is 0.0623. The molecular formula is C61H118O5. The van der Waals surface area contributed by atoms with E-state index in [1.165, 1.54) is 283 Å². The molecule has 1 atom stereocenters. The van der Waals surface area contributed by atoms with E-state index in [4.69, 9.17) is 9.47 Å². The molecule has 0 amide bonds. The van der Waals surface area contributed by atoms with Crippen molar-refractivity contribution in [3.8, 4) is 0 Å². The molecule has 1 unspecified atom stereocenters. The quantitative estimate of drug-likeness (QED) is 0.0374. The van der Waals surface area contributed by atoms with Crippen molar-refractivity contribution in [2.75, 3.05) is 13.2 Å². The van der Waals surface area contributed by atoms with Crippen LogP contribution in [0.4, 0.5) is 0 Å². The molecule has 0 spiro atoms. The fraction of sp³-hybridized carbons (Fsp3) is 0.934. The first kappa shape index (κ1) is 64.6. The number of carbonyl (C=O) groups excluding carboxylic acids is 2. The number of ether oxygens (including phenoxy) is 2. The first-order valence-corrected chi connectivity index (χ1v) is 30.2. The number of hydrogen-bond acceptors (Lipinski definition) is 5. The number of hydrogen-bond donors (Lipinski definition) is 1. The van der Waals surface area contributed by atoms with Crippen LogP contribution in [0, 0.1) is 0 Å². The molecule has 0 aromatic rings. The lowest BCUT2D eigenvalue weighted by Gasteiger charge is -2.15. The molecular weight excluding hydrogens is 813 g/mol. The van der Waals surface area contributed by atoms with E-state index in [9.17, 15) is 14.7 Å². The molecule has 0 fully saturated rings. The molecule has 0 heterocycles. The van der Waals surface area contributed by atoms with Gasteiger partial charge in [0.25, 0.3) is 0 Å². The highest BCUT2D eigenvalue weighted by molar-refractivity contribution is 5.70. The molecule has 0 radical (unpaired) electrons. The summed E-state index contributed by atoms with van der Waals surface area (Å²) < 4.78 is 10.7. The van der Waals surface area contributed by atoms with Gasteiger partial charge in [0.1, 0.15) is 6.61 Å². The van der Waals surface area contributed by atoms with Crippen LogP contribution < -0.4 is 0 Å². The van der Waals surface area contributed by atoms with Gasteiger partial charge in [-0.2, -0.15) is 0 Å². The number of rotatable bonds is 57. The molecule has 0 aliphatic heterocycles. The van der Waals surface area contributed by atoms with Crippen molar-refractivity contribution in [2.45, 2.75) is 354 Å². The Morgan fingerprint density at radius 2 is 0.561 bits per heavy atom. The normalized spacial score (nSPS) is 12.1. The molecule has 0 aliphatic rings. The zero-order chi connectivity index (χ0) is 47.7. The summed E-state index contributed by atoms with van der Waals surface area (Å²) in [6.45, 7) is 4.18. The summed E-state index contributed by atoms with van der Waals surface area (Å²) in [6.07, 6.45) is 72.3. The van der Waals surface area contributed by atoms with E-state index >= 15 is 0 Å². The summed E-state index contributed by atoms with van der Waals surface area (Å²) in [5.74, 6) is -0.580. The molecule has 5 heteroatoms. The molecule has 0 aromatic heterocycles. The van der Waals surface area contributed by atoms with Crippen LogP contribution in [0.2, 0.25) is 0 Å². The number of unbranched alkanes of at least 4 members (excludes halogenated alkanes) is 47. The van der Waals surface area contributed by atoms with E-state index in [0.29, 0.717) is 12.8 Å². The average molecular weight is 932 g/mol. The highest BCUT2D eigenvalue weighted by Gasteiger charge is 2.16. The predicted octanol–water partition coefficient (Wildman–Crippen LogP) is 20.3. The van der Waals surface area contributed by atoms with Crippen LogP contribution in [-0.2, 0) is 19.1 Å². The van der Waals surface area contributed by atoms with Crippen molar-refractivity contribution in [1.82, 2.24) is 0 Å². The third-order valence-electron chi connectivity index (χ3n) is 14.1. The van der Waals surface area contributed by atoms with Crippen molar-refractivity contribution in [2.24, 2.45) is 0 Å². The highest BCUT2D eigenvalue weighted by atomic mass is 16.6. The summed E-state index contributed by atoms with van der Waals surface area (Å²) >= 11 is 0. The summed E-state index contributed by atoms with van der Waals surface area (Å²) in [6, 6.07) is 0. The second-order valence-corrected chi connectivity index (χ2v) is 20.8. The summed E-state index contributed by atoms with van der Waals surface area (Å²) in [7, 11) is 0. The maximum atomic E-state index is 12.3. The van der Waals surface area contributed by atoms with Crippen LogP contribution in [0.5, 0.6) is 0 Å². The van der Waals surface area contributed by atoms with E-state index in [1.54, 1.807) is 0 Å². The zero-order valence-electron chi connectivity index (χ0n) is 45.0. The SMILES string of the molecule is CCCCCCCCC/C=C\CCCCCCCC(=O)OC(CO)COC(=O)CCCCCCCCCCCCCCCCCCCCCCCCCCCCCCCCCCCCCC. The molecule has 0 saturated carbocycles. The molecule has 392 valence electrons. The number of aliphatic hydroxyl groups is 1. The number of carbonyl (C=O) groups is 2. The van der Waals surface area contributed by atoms with Crippen molar-refractivity contribution in [1.29, 1.82) is 0 Å². The molecule has 0 bridgehead atoms. The minimum Gasteiger partial charge on any atom is -0.462 e. The lowest BCUT2D eigenvalue weighted by molar-refractivity contribution is -0.161. The standard InChI is InChI=1S/C61H118O5/c1-3-5-7-9-11-13-15-17-19-21-22-23-24-25-26-27-28-29-30-31-32-33-34-35-36-37-38-39-40-42-43-45-47-49-51-53-55-60(63)65-58-59(57-62)66-61(64)56-54-52-50-48-46-44-41-20-18-16-14-12-10-8-6-4-2/h20,41,59,62H,3-19,21-40,42-58H2,1-2H3/b41-20-. The first-order chi connectivity index (χ1) is 32.6. The van der Waals surface area contributed by atoms with Gasteiger partial charge in [0.15, 0.2) is 6.10 Å². The summed E-state index contributed by atoms with van der Waals surface area (Å²) in [5, 5.41) is 9.63. The Labute approximate surface area is 413 Å². The minimum atomic E-state index is -0.771. The van der Waals surface area contributed by atoms with Gasteiger partial charge in [0.05, 0.1) is 6.61 Å². The molecule has 0 aliphatic carbocycles. The van der Waals surface area contributed by atoms with Gasteiger partial charge in [0.2, 0.25) is 0 Å². The smallest absolute Gasteiger partial charge is 0.306 e. The largest absolute Gasteiger partial charge is 0.462 e. The van der Waals surface area contributed by atoms with E-state index < -0.39 is 6.10 Å². The Bertz CT molecular complexity index is 963. The van der Waals surface area contributed by atoms with Crippen molar-refractivity contribution < 1.29 is 24.2 Å². The van der Waals surface area contributed by atoms with Gasteiger partial charge in [-0.25, -0.2) is 0 Å². The Balaban J connectivity index is 3.35. The molecule has 0 aromatic carbocycles. The zero-order valence-corrected chi connectivity index (χ0v) is 45.0. The van der Waals surface area contributed by atoms with E-state index in [2.05, 4.69) is 26.0 Å². The fourth-order valence-electron chi connectivity index (χ4n) is 9.50. The van der Waals surface area contributed by atoms with Gasteiger partial charge in [0, 0.05) is 12.8 Å². The molecule has 1 N–H and O–H groups in total. The number of allylic oxidation sites excluding steroid dienone is 2. The van der Waals surface area contributed by atoms with Crippen molar-refractivity contribution in [3.63, 3.8) is 0 Å². The van der Waals surface area contributed by atoms with E-state index in [1.807, 2.05) is 0 Å². The summed E-state index contributed by atoms with van der Waals surface area (Å²) in [5.41, 5.74) is 0. The average Bonchev–Trinajstić information content (AvgIpc) is 3.32. The maximum absolute atomic E-state index is 12.3. The third-order valence-corrected chi connectivity index (χ3v) is 14.1. The van der Waals surface area contributed by atoms with E-state index in [-0.39, 0.29) is 25.2 Å². The van der Waals surface area contributed by atoms with Gasteiger partial charge < -0.3 is 14.6 Å². The number of esters is 2. The van der Waals surface area contributed by atoms with Crippen LogP contribution in [0.25, 0.3) is 0 Å². The Morgan fingerprint density at radius 3 is 0.818 bits per heavy atom. The van der Waals surface area contributed by atoms with Crippen LogP contribution >= 0.6 is 0 Å². The van der Waals surface area contributed by atoms with Gasteiger partial charge in [-0.05, 0) is 38.5 Å². The number of aliphatic hydroxyl groups excluding tert-OH is 1. The van der Waals surface area contributed by atoms with Crippen molar-refractivity contribution in [3.05, 3.63) is 12.2 Å². The monoisotopic (exact) mass is 931 g/mol. The van der Waals surface area contributed by atoms with Gasteiger partial charge >= 0.3 is 11.9 Å². The van der Waals surface area contributed by atoms with Gasteiger partial charge in [-0.15, -0.1) is 0 Å². The predicted molar refractivity (Wildman–Crippen MR) is 288 cm³/mol. The van der Waals surface area contributed by atoms with E-state index in [0.717, 1.165) is 38.5 Å². The van der Waals surface area contributed by atoms with Gasteiger partial charge in [-0.1, -0.05) is 309 Å². The molecule has 0 saturated heterocycles. The Hall–Kier alpha value is -1.36. The maximum Gasteiger partial charge on any atom is 0.306 e. The van der Waals surface area contributed by atoms with Crippen LogP contribution in [-0.4, -0.2) is 36.4 Å². The molecule has 5 nitrogen and oxygen atoms in total. The second-order valence-electron chi connectivity index (χ2n) is 20.8. The van der Waals surface area contributed by atoms with Crippen molar-refractivity contribution >= 4 is 11.9 Å². The van der Waals surface area contributed by atoms with Crippen LogP contribution in [0.3, 0.4) is 0 Å². The topological polar surface area (TPSA) is 72.8 Å². The Kier molecular flexibility index (Phi) is 56.8. The lowest BCUT2D eigenvalue weighted by Crippen LogP contribution is -2.28. The fourth-order valence-corrected chi connectivity index (χ4v) is 9.50. The van der Waals surface area contributed by atoms with Crippen LogP contribution in [0.15, 0.2) is 12.2 Å². The van der Waals surface area contributed by atoms with Crippen LogP contribution in [0.1, 0.15) is 348 Å². The molecule has 66 heavy (non-hydrogen) atoms. The second kappa shape index (κ2) is 58.0. The third kappa shape index (κ3) is 55.2. The Morgan fingerprint density at radius 1 is 0.333 bits per heavy atom. The highest BCUT2D eigenvalue weighted by Crippen LogP contribution is 2.18. The van der Waals surface area contributed by atoms with Gasteiger partial charge in [-0.3, -0.25) is 9.59 Å². The lowest BCUT2D eigenvalue weighted by atomic mass is 10.0. The summed E-state index contributed by atoms with van der Waals surface area (Å²) in [4.78, 5) is 24.5.